The van der Waals surface area contributed by atoms with Crippen molar-refractivity contribution >= 4 is 17.5 Å². The average Bonchev–Trinajstić information content (AvgIpc) is 3.35. The van der Waals surface area contributed by atoms with Crippen molar-refractivity contribution in [1.29, 1.82) is 0 Å². The Morgan fingerprint density at radius 1 is 0.966 bits per heavy atom. The van der Waals surface area contributed by atoms with Crippen molar-refractivity contribution < 1.29 is 14.0 Å². The molecule has 0 bridgehead atoms. The highest BCUT2D eigenvalue weighted by Gasteiger charge is 2.28. The van der Waals surface area contributed by atoms with E-state index in [4.69, 9.17) is 0 Å². The number of amides is 2. The minimum atomic E-state index is -0.286. The Balaban J connectivity index is 1.55. The van der Waals surface area contributed by atoms with Crippen molar-refractivity contribution in [2.45, 2.75) is 57.5 Å². The number of halogens is 1. The van der Waals surface area contributed by atoms with Crippen LogP contribution in [0.1, 0.15) is 49.7 Å². The predicted molar refractivity (Wildman–Crippen MR) is 111 cm³/mol. The van der Waals surface area contributed by atoms with Gasteiger partial charge in [0.2, 0.25) is 11.8 Å². The van der Waals surface area contributed by atoms with E-state index in [1.165, 1.54) is 12.1 Å². The minimum absolute atomic E-state index is 0.0249. The fraction of sp³-hybridized carbons (Fsp3) is 0.417. The molecule has 152 valence electrons. The van der Waals surface area contributed by atoms with Crippen molar-refractivity contribution in [3.05, 3.63) is 65.5 Å². The van der Waals surface area contributed by atoms with Gasteiger partial charge in [-0.15, -0.1) is 0 Å². The maximum Gasteiger partial charge on any atom is 0.230 e. The zero-order valence-electron chi connectivity index (χ0n) is 16.6. The van der Waals surface area contributed by atoms with Gasteiger partial charge in [-0.05, 0) is 61.1 Å². The van der Waals surface area contributed by atoms with Crippen molar-refractivity contribution in [2.75, 3.05) is 4.90 Å². The molecule has 2 aliphatic carbocycles. The summed E-state index contributed by atoms with van der Waals surface area (Å²) >= 11 is 0. The van der Waals surface area contributed by atoms with E-state index in [0.29, 0.717) is 19.0 Å². The van der Waals surface area contributed by atoms with Crippen LogP contribution in [0, 0.1) is 11.7 Å². The number of hydrogen-bond donors (Lipinski definition) is 1. The fourth-order valence-electron chi connectivity index (χ4n) is 3.99. The van der Waals surface area contributed by atoms with Crippen LogP contribution in [0.5, 0.6) is 0 Å². The number of rotatable bonds is 7. The van der Waals surface area contributed by atoms with E-state index in [9.17, 15) is 14.0 Å². The summed E-state index contributed by atoms with van der Waals surface area (Å²) in [5.74, 6) is -0.105. The van der Waals surface area contributed by atoms with E-state index < -0.39 is 0 Å². The minimum Gasteiger partial charge on any atom is -0.353 e. The third-order valence-electron chi connectivity index (χ3n) is 5.75. The Bertz CT molecular complexity index is 871. The van der Waals surface area contributed by atoms with Gasteiger partial charge in [0.05, 0.1) is 13.0 Å². The van der Waals surface area contributed by atoms with Crippen LogP contribution in [0.15, 0.2) is 48.5 Å². The number of nitrogens with zero attached hydrogens (tertiary/aromatic N) is 1. The summed E-state index contributed by atoms with van der Waals surface area (Å²) in [7, 11) is 0. The van der Waals surface area contributed by atoms with Gasteiger partial charge in [-0.3, -0.25) is 9.59 Å². The molecule has 29 heavy (non-hydrogen) atoms. The average molecular weight is 394 g/mol. The van der Waals surface area contributed by atoms with Crippen molar-refractivity contribution in [3.8, 4) is 0 Å². The lowest BCUT2D eigenvalue weighted by molar-refractivity contribution is -0.122. The van der Waals surface area contributed by atoms with E-state index in [-0.39, 0.29) is 23.5 Å². The zero-order valence-corrected chi connectivity index (χ0v) is 16.6. The Hall–Kier alpha value is -2.69. The third-order valence-corrected chi connectivity index (χ3v) is 5.75. The third kappa shape index (κ3) is 5.22. The van der Waals surface area contributed by atoms with Gasteiger partial charge < -0.3 is 10.2 Å². The van der Waals surface area contributed by atoms with E-state index in [1.807, 2.05) is 24.3 Å². The molecule has 2 fully saturated rings. The van der Waals surface area contributed by atoms with Crippen LogP contribution in [0.25, 0.3) is 0 Å². The highest BCUT2D eigenvalue weighted by molar-refractivity contribution is 5.95. The molecule has 0 aliphatic heterocycles. The highest BCUT2D eigenvalue weighted by Crippen LogP contribution is 2.30. The lowest BCUT2D eigenvalue weighted by atomic mass is 10.0. The number of carbonyl (C=O) groups excluding carboxylic acids is 2. The monoisotopic (exact) mass is 394 g/mol. The predicted octanol–water partition coefficient (Wildman–Crippen LogP) is 4.37. The van der Waals surface area contributed by atoms with E-state index >= 15 is 0 Å². The van der Waals surface area contributed by atoms with Gasteiger partial charge in [0.15, 0.2) is 0 Å². The molecule has 0 aromatic heterocycles. The van der Waals surface area contributed by atoms with Gasteiger partial charge in [-0.2, -0.15) is 0 Å². The standard InChI is InChI=1S/C24H27FN2O2/c25-20-10-8-17(9-11-20)16-27(24(29)19-5-1-2-6-19)22-7-3-4-18(14-22)15-23(28)26-21-12-13-21/h3-4,7-11,14,19,21H,1-2,5-6,12-13,15-16H2,(H,26,28). The van der Waals surface area contributed by atoms with Crippen LogP contribution in [0.4, 0.5) is 10.1 Å². The van der Waals surface area contributed by atoms with E-state index in [2.05, 4.69) is 5.32 Å². The molecule has 0 unspecified atom stereocenters. The van der Waals surface area contributed by atoms with Gasteiger partial charge in [0.1, 0.15) is 5.82 Å². The molecular formula is C24H27FN2O2. The summed E-state index contributed by atoms with van der Waals surface area (Å²) < 4.78 is 13.3. The molecule has 2 aromatic rings. The number of carbonyl (C=O) groups is 2. The Labute approximate surface area is 171 Å². The molecule has 2 aliphatic rings. The molecule has 0 saturated heterocycles. The number of nitrogens with one attached hydrogen (secondary N) is 1. The molecular weight excluding hydrogens is 367 g/mol. The van der Waals surface area contributed by atoms with Crippen LogP contribution < -0.4 is 10.2 Å². The number of hydrogen-bond acceptors (Lipinski definition) is 2. The van der Waals surface area contributed by atoms with Crippen molar-refractivity contribution in [1.82, 2.24) is 5.32 Å². The van der Waals surface area contributed by atoms with Crippen LogP contribution in [-0.4, -0.2) is 17.9 Å². The Morgan fingerprint density at radius 2 is 1.69 bits per heavy atom. The van der Waals surface area contributed by atoms with Crippen molar-refractivity contribution in [3.63, 3.8) is 0 Å². The molecule has 0 atom stereocenters. The molecule has 0 spiro atoms. The van der Waals surface area contributed by atoms with Crippen LogP contribution in [0.3, 0.4) is 0 Å². The number of benzene rings is 2. The quantitative estimate of drug-likeness (QED) is 0.758. The van der Waals surface area contributed by atoms with Crippen molar-refractivity contribution in [2.24, 2.45) is 5.92 Å². The molecule has 0 heterocycles. The summed E-state index contributed by atoms with van der Waals surface area (Å²) in [5, 5.41) is 3.01. The first kappa shape index (κ1) is 19.6. The Kier molecular flexibility index (Phi) is 5.93. The summed E-state index contributed by atoms with van der Waals surface area (Å²) in [5.41, 5.74) is 2.57. The lowest BCUT2D eigenvalue weighted by Gasteiger charge is -2.26. The summed E-state index contributed by atoms with van der Waals surface area (Å²) in [6.07, 6.45) is 6.45. The summed E-state index contributed by atoms with van der Waals surface area (Å²) in [6.45, 7) is 0.396. The normalized spacial score (nSPS) is 16.6. The second-order valence-corrected chi connectivity index (χ2v) is 8.22. The second-order valence-electron chi connectivity index (χ2n) is 8.22. The topological polar surface area (TPSA) is 49.4 Å². The van der Waals surface area contributed by atoms with Crippen LogP contribution in [-0.2, 0) is 22.6 Å². The van der Waals surface area contributed by atoms with Gasteiger partial charge in [-0.25, -0.2) is 4.39 Å². The molecule has 0 radical (unpaired) electrons. The molecule has 4 nitrogen and oxygen atoms in total. The SMILES string of the molecule is O=C(Cc1cccc(N(Cc2ccc(F)cc2)C(=O)C2CCCC2)c1)NC1CC1. The first-order valence-corrected chi connectivity index (χ1v) is 10.5. The maximum absolute atomic E-state index is 13.3. The molecule has 5 heteroatoms. The van der Waals surface area contributed by atoms with Crippen LogP contribution >= 0.6 is 0 Å². The first-order chi connectivity index (χ1) is 14.1. The van der Waals surface area contributed by atoms with Gasteiger partial charge >= 0.3 is 0 Å². The van der Waals surface area contributed by atoms with Gasteiger partial charge in [0, 0.05) is 17.6 Å². The van der Waals surface area contributed by atoms with Gasteiger partial charge in [0.25, 0.3) is 0 Å². The summed E-state index contributed by atoms with van der Waals surface area (Å²) in [4.78, 5) is 27.3. The van der Waals surface area contributed by atoms with Gasteiger partial charge in [-0.1, -0.05) is 37.1 Å². The number of anilines is 1. The Morgan fingerprint density at radius 3 is 2.38 bits per heavy atom. The summed E-state index contributed by atoms with van der Waals surface area (Å²) in [6, 6.07) is 14.3. The molecule has 4 rings (SSSR count). The molecule has 2 amide bonds. The molecule has 1 N–H and O–H groups in total. The molecule has 2 saturated carbocycles. The fourth-order valence-corrected chi connectivity index (χ4v) is 3.99. The van der Waals surface area contributed by atoms with E-state index in [0.717, 1.165) is 55.3 Å². The smallest absolute Gasteiger partial charge is 0.230 e. The maximum atomic E-state index is 13.3. The van der Waals surface area contributed by atoms with E-state index in [1.54, 1.807) is 17.0 Å². The first-order valence-electron chi connectivity index (χ1n) is 10.5. The zero-order chi connectivity index (χ0) is 20.2. The highest BCUT2D eigenvalue weighted by atomic mass is 19.1. The molecule has 2 aromatic carbocycles. The lowest BCUT2D eigenvalue weighted by Crippen LogP contribution is -2.35. The largest absolute Gasteiger partial charge is 0.353 e. The van der Waals surface area contributed by atoms with Crippen LogP contribution in [0.2, 0.25) is 0 Å². The second kappa shape index (κ2) is 8.76.